The molecular formula is C20H32N2O2. The van der Waals surface area contributed by atoms with Gasteiger partial charge in [0.05, 0.1) is 0 Å². The topological polar surface area (TPSA) is 50.4 Å². The highest BCUT2D eigenvalue weighted by molar-refractivity contribution is 5.77. The van der Waals surface area contributed by atoms with E-state index in [4.69, 9.17) is 4.74 Å². The fourth-order valence-electron chi connectivity index (χ4n) is 3.47. The van der Waals surface area contributed by atoms with Gasteiger partial charge >= 0.3 is 0 Å². The number of hydrogen-bond acceptors (Lipinski definition) is 3. The minimum absolute atomic E-state index is 0.0719. The van der Waals surface area contributed by atoms with E-state index in [0.717, 1.165) is 23.8 Å². The molecule has 0 aliphatic heterocycles. The molecule has 24 heavy (non-hydrogen) atoms. The Morgan fingerprint density at radius 2 is 2.00 bits per heavy atom. The van der Waals surface area contributed by atoms with Crippen LogP contribution in [0.5, 0.6) is 5.75 Å². The molecule has 4 heteroatoms. The monoisotopic (exact) mass is 332 g/mol. The van der Waals surface area contributed by atoms with Gasteiger partial charge in [0.1, 0.15) is 5.75 Å². The van der Waals surface area contributed by atoms with E-state index in [2.05, 4.69) is 23.6 Å². The smallest absolute Gasteiger partial charge is 0.257 e. The number of nitrogens with one attached hydrogen (secondary N) is 2. The molecule has 1 saturated carbocycles. The first kappa shape index (κ1) is 18.8. The second-order valence-corrected chi connectivity index (χ2v) is 6.87. The molecule has 1 aromatic rings. The first-order chi connectivity index (χ1) is 11.7. The van der Waals surface area contributed by atoms with E-state index < -0.39 is 0 Å². The number of rotatable bonds is 9. The Kier molecular flexibility index (Phi) is 8.10. The Labute approximate surface area is 146 Å². The molecular weight excluding hydrogens is 300 g/mol. The van der Waals surface area contributed by atoms with Crippen LogP contribution in [0.3, 0.4) is 0 Å². The van der Waals surface area contributed by atoms with Crippen molar-refractivity contribution >= 4 is 5.91 Å². The van der Waals surface area contributed by atoms with Crippen LogP contribution in [0.4, 0.5) is 0 Å². The van der Waals surface area contributed by atoms with E-state index in [9.17, 15) is 4.79 Å². The summed E-state index contributed by atoms with van der Waals surface area (Å²) in [7, 11) is 0. The van der Waals surface area contributed by atoms with Crippen LogP contribution in [0.25, 0.3) is 0 Å². The third kappa shape index (κ3) is 6.52. The number of hydrogen-bond donors (Lipinski definition) is 2. The molecule has 0 bridgehead atoms. The van der Waals surface area contributed by atoms with Crippen LogP contribution in [-0.2, 0) is 11.3 Å². The molecule has 0 radical (unpaired) electrons. The normalized spacial score (nSPS) is 16.6. The predicted molar refractivity (Wildman–Crippen MR) is 98.1 cm³/mol. The largest absolute Gasteiger partial charge is 0.483 e. The Bertz CT molecular complexity index is 498. The van der Waals surface area contributed by atoms with E-state index in [1.54, 1.807) is 0 Å². The van der Waals surface area contributed by atoms with Gasteiger partial charge in [-0.2, -0.15) is 0 Å². The summed E-state index contributed by atoms with van der Waals surface area (Å²) in [4.78, 5) is 11.6. The average Bonchev–Trinajstić information content (AvgIpc) is 2.60. The molecule has 1 fully saturated rings. The maximum absolute atomic E-state index is 11.6. The van der Waals surface area contributed by atoms with Gasteiger partial charge in [-0.1, -0.05) is 50.3 Å². The molecule has 1 aliphatic rings. The van der Waals surface area contributed by atoms with Crippen molar-refractivity contribution < 1.29 is 9.53 Å². The van der Waals surface area contributed by atoms with Crippen LogP contribution in [-0.4, -0.2) is 25.1 Å². The van der Waals surface area contributed by atoms with Crippen LogP contribution in [0.15, 0.2) is 24.3 Å². The van der Waals surface area contributed by atoms with Crippen LogP contribution >= 0.6 is 0 Å². The lowest BCUT2D eigenvalue weighted by molar-refractivity contribution is -0.122. The molecule has 1 aliphatic carbocycles. The second kappa shape index (κ2) is 10.3. The maximum Gasteiger partial charge on any atom is 0.257 e. The number of ether oxygens (including phenoxy) is 1. The summed E-state index contributed by atoms with van der Waals surface area (Å²) in [5.74, 6) is 1.59. The van der Waals surface area contributed by atoms with Crippen molar-refractivity contribution in [3.05, 3.63) is 29.8 Å². The van der Waals surface area contributed by atoms with Crippen molar-refractivity contribution in [2.24, 2.45) is 5.92 Å². The summed E-state index contributed by atoms with van der Waals surface area (Å²) in [6.07, 6.45) is 8.23. The Morgan fingerprint density at radius 1 is 1.25 bits per heavy atom. The van der Waals surface area contributed by atoms with Crippen molar-refractivity contribution in [3.8, 4) is 5.75 Å². The van der Waals surface area contributed by atoms with Gasteiger partial charge in [-0.05, 0) is 32.3 Å². The zero-order chi connectivity index (χ0) is 17.2. The van der Waals surface area contributed by atoms with Gasteiger partial charge in [-0.15, -0.1) is 0 Å². The summed E-state index contributed by atoms with van der Waals surface area (Å²) < 4.78 is 5.68. The Balaban J connectivity index is 1.79. The maximum atomic E-state index is 11.6. The minimum Gasteiger partial charge on any atom is -0.483 e. The molecule has 1 aromatic carbocycles. The molecule has 0 aromatic heterocycles. The highest BCUT2D eigenvalue weighted by atomic mass is 16.5. The second-order valence-electron chi connectivity index (χ2n) is 6.87. The lowest BCUT2D eigenvalue weighted by Gasteiger charge is -2.25. The summed E-state index contributed by atoms with van der Waals surface area (Å²) in [6.45, 7) is 5.66. The van der Waals surface area contributed by atoms with E-state index in [0.29, 0.717) is 12.6 Å². The van der Waals surface area contributed by atoms with Crippen LogP contribution in [0.2, 0.25) is 0 Å². The molecule has 1 unspecified atom stereocenters. The number of likely N-dealkylation sites (N-methyl/N-ethyl adjacent to an activating group) is 1. The predicted octanol–water partition coefficient (Wildman–Crippen LogP) is 3.65. The van der Waals surface area contributed by atoms with E-state index in [1.807, 2.05) is 25.1 Å². The van der Waals surface area contributed by atoms with E-state index >= 15 is 0 Å². The lowest BCUT2D eigenvalue weighted by Crippen LogP contribution is -2.30. The lowest BCUT2D eigenvalue weighted by atomic mass is 9.85. The number of carbonyl (C=O) groups is 1. The zero-order valence-electron chi connectivity index (χ0n) is 15.1. The molecule has 4 nitrogen and oxygen atoms in total. The van der Waals surface area contributed by atoms with Crippen LogP contribution in [0, 0.1) is 5.92 Å². The van der Waals surface area contributed by atoms with Crippen LogP contribution in [0.1, 0.15) is 57.9 Å². The van der Waals surface area contributed by atoms with Crippen molar-refractivity contribution in [2.45, 2.75) is 65.0 Å². The molecule has 0 heterocycles. The molecule has 134 valence electrons. The van der Waals surface area contributed by atoms with Gasteiger partial charge in [0.25, 0.3) is 5.91 Å². The fraction of sp³-hybridized carbons (Fsp3) is 0.650. The van der Waals surface area contributed by atoms with Crippen molar-refractivity contribution in [1.82, 2.24) is 10.6 Å². The fourth-order valence-corrected chi connectivity index (χ4v) is 3.47. The van der Waals surface area contributed by atoms with Crippen molar-refractivity contribution in [1.29, 1.82) is 0 Å². The third-order valence-corrected chi connectivity index (χ3v) is 4.76. The highest BCUT2D eigenvalue weighted by Gasteiger charge is 2.16. The summed E-state index contributed by atoms with van der Waals surface area (Å²) in [6, 6.07) is 8.46. The first-order valence-corrected chi connectivity index (χ1v) is 9.39. The summed E-state index contributed by atoms with van der Waals surface area (Å²) >= 11 is 0. The zero-order valence-corrected chi connectivity index (χ0v) is 15.1. The van der Waals surface area contributed by atoms with Gasteiger partial charge in [0, 0.05) is 24.7 Å². The molecule has 0 spiro atoms. The number of carbonyl (C=O) groups excluding carboxylic acids is 1. The quantitative estimate of drug-likeness (QED) is 0.726. The summed E-state index contributed by atoms with van der Waals surface area (Å²) in [5, 5.41) is 6.37. The highest BCUT2D eigenvalue weighted by Crippen LogP contribution is 2.27. The van der Waals surface area contributed by atoms with Gasteiger partial charge in [-0.3, -0.25) is 4.79 Å². The standard InChI is InChI=1S/C20H32N2O2/c1-3-21-20(23)15-24-19-12-8-7-11-18(19)14-22-16(2)13-17-9-5-4-6-10-17/h7-8,11-12,16-17,22H,3-6,9-10,13-15H2,1-2H3,(H,21,23). The Morgan fingerprint density at radius 3 is 2.75 bits per heavy atom. The number of amides is 1. The van der Waals surface area contributed by atoms with Crippen molar-refractivity contribution in [3.63, 3.8) is 0 Å². The molecule has 2 N–H and O–H groups in total. The first-order valence-electron chi connectivity index (χ1n) is 9.39. The minimum atomic E-state index is -0.0778. The van der Waals surface area contributed by atoms with Crippen molar-refractivity contribution in [2.75, 3.05) is 13.2 Å². The summed E-state index contributed by atoms with van der Waals surface area (Å²) in [5.41, 5.74) is 1.11. The number of para-hydroxylation sites is 1. The average molecular weight is 332 g/mol. The molecule has 0 saturated heterocycles. The van der Waals surface area contributed by atoms with Gasteiger partial charge < -0.3 is 15.4 Å². The molecule has 2 rings (SSSR count). The molecule has 1 atom stereocenters. The Hall–Kier alpha value is -1.55. The van der Waals surface area contributed by atoms with Gasteiger partial charge in [-0.25, -0.2) is 0 Å². The SMILES string of the molecule is CCNC(=O)COc1ccccc1CNC(C)CC1CCCCC1. The van der Waals surface area contributed by atoms with Gasteiger partial charge in [0.2, 0.25) is 0 Å². The molecule has 1 amide bonds. The van der Waals surface area contributed by atoms with E-state index in [-0.39, 0.29) is 12.5 Å². The van der Waals surface area contributed by atoms with Gasteiger partial charge in [0.15, 0.2) is 6.61 Å². The number of benzene rings is 1. The van der Waals surface area contributed by atoms with Crippen LogP contribution < -0.4 is 15.4 Å². The van der Waals surface area contributed by atoms with E-state index in [1.165, 1.54) is 38.5 Å². The third-order valence-electron chi connectivity index (χ3n) is 4.76.